The predicted molar refractivity (Wildman–Crippen MR) is 79.0 cm³/mol. The molecular formula is C14H18BrFN2O2. The summed E-state index contributed by atoms with van der Waals surface area (Å²) in [6.45, 7) is 6.46. The Morgan fingerprint density at radius 1 is 1.35 bits per heavy atom. The third-order valence-corrected chi connectivity index (χ3v) is 3.64. The molecule has 0 aliphatic heterocycles. The van der Waals surface area contributed by atoms with Crippen LogP contribution in [0.25, 0.3) is 0 Å². The molecule has 0 bridgehead atoms. The van der Waals surface area contributed by atoms with Crippen LogP contribution in [0.15, 0.2) is 22.7 Å². The lowest BCUT2D eigenvalue weighted by molar-refractivity contribution is -0.132. The first-order valence-electron chi connectivity index (χ1n) is 6.46. The average molecular weight is 345 g/mol. The lowest BCUT2D eigenvalue weighted by atomic mass is 10.2. The van der Waals surface area contributed by atoms with Gasteiger partial charge in [-0.2, -0.15) is 0 Å². The van der Waals surface area contributed by atoms with Gasteiger partial charge in [0, 0.05) is 17.6 Å². The predicted octanol–water partition coefficient (Wildman–Crippen LogP) is 2.57. The molecular weight excluding hydrogens is 327 g/mol. The lowest BCUT2D eigenvalue weighted by Crippen LogP contribution is -2.47. The van der Waals surface area contributed by atoms with Crippen LogP contribution in [0.4, 0.5) is 4.39 Å². The smallest absolute Gasteiger partial charge is 0.256 e. The number of amides is 2. The van der Waals surface area contributed by atoms with Crippen molar-refractivity contribution in [3.8, 4) is 0 Å². The fourth-order valence-corrected chi connectivity index (χ4v) is 2.38. The maximum absolute atomic E-state index is 13.7. The SMILES string of the molecule is CCN(CC)C(=O)C(C)NC(=O)c1c(F)cccc1Br. The Labute approximate surface area is 126 Å². The highest BCUT2D eigenvalue weighted by Gasteiger charge is 2.23. The van der Waals surface area contributed by atoms with Crippen LogP contribution in [0.5, 0.6) is 0 Å². The molecule has 0 aromatic heterocycles. The standard InChI is InChI=1S/C14H18BrFN2O2/c1-4-18(5-2)14(20)9(3)17-13(19)12-10(15)7-6-8-11(12)16/h6-9H,4-5H2,1-3H3,(H,17,19). The summed E-state index contributed by atoms with van der Waals surface area (Å²) in [5.74, 6) is -1.42. The number of nitrogens with one attached hydrogen (secondary N) is 1. The Kier molecular flexibility index (Phi) is 6.13. The molecule has 110 valence electrons. The van der Waals surface area contributed by atoms with Gasteiger partial charge in [0.1, 0.15) is 11.9 Å². The second-order valence-electron chi connectivity index (χ2n) is 4.30. The molecule has 0 spiro atoms. The molecule has 1 N–H and O–H groups in total. The highest BCUT2D eigenvalue weighted by molar-refractivity contribution is 9.10. The average Bonchev–Trinajstić information content (AvgIpc) is 2.39. The Hall–Kier alpha value is -1.43. The van der Waals surface area contributed by atoms with Gasteiger partial charge in [-0.25, -0.2) is 4.39 Å². The van der Waals surface area contributed by atoms with E-state index in [0.717, 1.165) is 0 Å². The third kappa shape index (κ3) is 3.79. The minimum atomic E-state index is -0.700. The molecule has 1 rings (SSSR count). The quantitative estimate of drug-likeness (QED) is 0.892. The number of hydrogen-bond acceptors (Lipinski definition) is 2. The van der Waals surface area contributed by atoms with Crippen LogP contribution in [0.3, 0.4) is 0 Å². The van der Waals surface area contributed by atoms with Crippen molar-refractivity contribution in [3.05, 3.63) is 34.1 Å². The molecule has 4 nitrogen and oxygen atoms in total. The molecule has 1 aromatic carbocycles. The van der Waals surface area contributed by atoms with Crippen molar-refractivity contribution in [1.29, 1.82) is 0 Å². The van der Waals surface area contributed by atoms with Crippen LogP contribution in [0, 0.1) is 5.82 Å². The van der Waals surface area contributed by atoms with Crippen LogP contribution in [-0.4, -0.2) is 35.8 Å². The van der Waals surface area contributed by atoms with Crippen molar-refractivity contribution < 1.29 is 14.0 Å². The summed E-state index contributed by atoms with van der Waals surface area (Å²) >= 11 is 3.13. The first-order valence-corrected chi connectivity index (χ1v) is 7.25. The second-order valence-corrected chi connectivity index (χ2v) is 5.16. The molecule has 1 aromatic rings. The maximum atomic E-state index is 13.7. The first-order chi connectivity index (χ1) is 9.42. The summed E-state index contributed by atoms with van der Waals surface area (Å²) < 4.78 is 14.0. The summed E-state index contributed by atoms with van der Waals surface area (Å²) in [6.07, 6.45) is 0. The number of halogens is 2. The van der Waals surface area contributed by atoms with E-state index in [9.17, 15) is 14.0 Å². The largest absolute Gasteiger partial charge is 0.341 e. The van der Waals surface area contributed by atoms with Gasteiger partial charge in [0.25, 0.3) is 5.91 Å². The van der Waals surface area contributed by atoms with Crippen molar-refractivity contribution in [2.45, 2.75) is 26.8 Å². The number of carbonyl (C=O) groups is 2. The second kappa shape index (κ2) is 7.38. The van der Waals surface area contributed by atoms with Crippen LogP contribution < -0.4 is 5.32 Å². The van der Waals surface area contributed by atoms with E-state index in [0.29, 0.717) is 17.6 Å². The summed E-state index contributed by atoms with van der Waals surface area (Å²) in [5.41, 5.74) is -0.0910. The Morgan fingerprint density at radius 2 is 1.95 bits per heavy atom. The van der Waals surface area contributed by atoms with Gasteiger partial charge in [0.15, 0.2) is 0 Å². The molecule has 1 unspecified atom stereocenters. The zero-order chi connectivity index (χ0) is 15.3. The van der Waals surface area contributed by atoms with Crippen molar-refractivity contribution in [2.75, 3.05) is 13.1 Å². The van der Waals surface area contributed by atoms with Gasteiger partial charge < -0.3 is 10.2 Å². The van der Waals surface area contributed by atoms with E-state index in [2.05, 4.69) is 21.2 Å². The minimum Gasteiger partial charge on any atom is -0.341 e. The number of rotatable bonds is 5. The Balaban J connectivity index is 2.83. The van der Waals surface area contributed by atoms with E-state index in [4.69, 9.17) is 0 Å². The topological polar surface area (TPSA) is 49.4 Å². The molecule has 0 radical (unpaired) electrons. The van der Waals surface area contributed by atoms with E-state index < -0.39 is 17.8 Å². The molecule has 20 heavy (non-hydrogen) atoms. The molecule has 0 saturated heterocycles. The lowest BCUT2D eigenvalue weighted by Gasteiger charge is -2.23. The fraction of sp³-hybridized carbons (Fsp3) is 0.429. The third-order valence-electron chi connectivity index (χ3n) is 2.98. The zero-order valence-electron chi connectivity index (χ0n) is 11.7. The normalized spacial score (nSPS) is 11.8. The van der Waals surface area contributed by atoms with Crippen molar-refractivity contribution in [2.24, 2.45) is 0 Å². The summed E-state index contributed by atoms with van der Waals surface area (Å²) in [5, 5.41) is 2.53. The number of carbonyl (C=O) groups excluding carboxylic acids is 2. The van der Waals surface area contributed by atoms with Gasteiger partial charge in [-0.1, -0.05) is 6.07 Å². The number of likely N-dealkylation sites (N-methyl/N-ethyl adjacent to an activating group) is 1. The molecule has 2 amide bonds. The van der Waals surface area contributed by atoms with E-state index >= 15 is 0 Å². The maximum Gasteiger partial charge on any atom is 0.256 e. The van der Waals surface area contributed by atoms with Crippen LogP contribution >= 0.6 is 15.9 Å². The number of nitrogens with zero attached hydrogens (tertiary/aromatic N) is 1. The zero-order valence-corrected chi connectivity index (χ0v) is 13.3. The van der Waals surface area contributed by atoms with E-state index in [1.807, 2.05) is 13.8 Å². The van der Waals surface area contributed by atoms with Gasteiger partial charge >= 0.3 is 0 Å². The number of benzene rings is 1. The monoisotopic (exact) mass is 344 g/mol. The summed E-state index contributed by atoms with van der Waals surface area (Å²) in [6, 6.07) is 3.58. The minimum absolute atomic E-state index is 0.0910. The molecule has 0 fully saturated rings. The van der Waals surface area contributed by atoms with E-state index in [1.165, 1.54) is 12.1 Å². The molecule has 0 saturated carbocycles. The molecule has 0 aliphatic rings. The van der Waals surface area contributed by atoms with Gasteiger partial charge in [0.05, 0.1) is 5.56 Å². The van der Waals surface area contributed by atoms with Gasteiger partial charge in [0.2, 0.25) is 5.91 Å². The molecule has 0 aliphatic carbocycles. The number of hydrogen-bond donors (Lipinski definition) is 1. The Morgan fingerprint density at radius 3 is 2.45 bits per heavy atom. The summed E-state index contributed by atoms with van der Waals surface area (Å²) in [7, 11) is 0. The van der Waals surface area contributed by atoms with Crippen LogP contribution in [0.2, 0.25) is 0 Å². The highest BCUT2D eigenvalue weighted by atomic mass is 79.9. The fourth-order valence-electron chi connectivity index (χ4n) is 1.85. The van der Waals surface area contributed by atoms with Crippen LogP contribution in [-0.2, 0) is 4.79 Å². The first kappa shape index (κ1) is 16.6. The molecule has 6 heteroatoms. The van der Waals surface area contributed by atoms with Crippen molar-refractivity contribution in [3.63, 3.8) is 0 Å². The van der Waals surface area contributed by atoms with Gasteiger partial charge in [-0.05, 0) is 48.8 Å². The summed E-state index contributed by atoms with van der Waals surface area (Å²) in [4.78, 5) is 25.7. The van der Waals surface area contributed by atoms with Crippen LogP contribution in [0.1, 0.15) is 31.1 Å². The Bertz CT molecular complexity index is 484. The molecule has 1 atom stereocenters. The molecule has 0 heterocycles. The van der Waals surface area contributed by atoms with Crippen molar-refractivity contribution >= 4 is 27.7 Å². The van der Waals surface area contributed by atoms with Crippen molar-refractivity contribution in [1.82, 2.24) is 10.2 Å². The highest BCUT2D eigenvalue weighted by Crippen LogP contribution is 2.19. The van der Waals surface area contributed by atoms with Gasteiger partial charge in [-0.15, -0.1) is 0 Å². The van der Waals surface area contributed by atoms with Gasteiger partial charge in [-0.3, -0.25) is 9.59 Å². The van der Waals surface area contributed by atoms with E-state index in [1.54, 1.807) is 17.9 Å². The van der Waals surface area contributed by atoms with E-state index in [-0.39, 0.29) is 11.5 Å².